The van der Waals surface area contributed by atoms with Gasteiger partial charge in [0.05, 0.1) is 30.2 Å². The average Bonchev–Trinajstić information content (AvgIpc) is 3.11. The predicted octanol–water partition coefficient (Wildman–Crippen LogP) is 8.55. The maximum atomic E-state index is 10.6. The van der Waals surface area contributed by atoms with Crippen molar-refractivity contribution < 1.29 is 18.8 Å². The number of anilines is 3. The molecule has 264 valence electrons. The van der Waals surface area contributed by atoms with Gasteiger partial charge in [0.25, 0.3) is 5.69 Å². The minimum Gasteiger partial charge on any atom is -0.497 e. The number of benzene rings is 5. The normalized spacial score (nSPS) is 11.2. The highest BCUT2D eigenvalue weighted by molar-refractivity contribution is 5.81. The van der Waals surface area contributed by atoms with Gasteiger partial charge in [-0.25, -0.2) is 4.98 Å². The number of non-ortho nitro benzene ring substituents is 1. The SMILES string of the molecule is CCN=c1cc2oc3cc(N)c(C)cc3nc-2cc1C.COc1cc(N)c(C)cc1N=Nc1ccc([N+](=O)[O-])cc1.COc1ccc(C)c(N)c1. The van der Waals surface area contributed by atoms with Crippen LogP contribution in [0.4, 0.5) is 34.1 Å². The Hall–Kier alpha value is -6.50. The number of nitrogens with zero attached hydrogens (tertiary/aromatic N) is 5. The van der Waals surface area contributed by atoms with Gasteiger partial charge in [0.1, 0.15) is 28.4 Å². The van der Waals surface area contributed by atoms with Crippen LogP contribution in [-0.4, -0.2) is 30.7 Å². The minimum atomic E-state index is -0.465. The number of nitro benzene ring substituents is 1. The third kappa shape index (κ3) is 9.57. The summed E-state index contributed by atoms with van der Waals surface area (Å²) in [5, 5.41) is 19.7. The summed E-state index contributed by atoms with van der Waals surface area (Å²) in [6.07, 6.45) is 0. The zero-order valence-electron chi connectivity index (χ0n) is 29.7. The van der Waals surface area contributed by atoms with E-state index in [4.69, 9.17) is 31.1 Å². The highest BCUT2D eigenvalue weighted by Gasteiger charge is 2.12. The van der Waals surface area contributed by atoms with Gasteiger partial charge < -0.3 is 31.1 Å². The second-order valence-corrected chi connectivity index (χ2v) is 11.5. The second kappa shape index (κ2) is 16.7. The monoisotopic (exact) mass is 690 g/mol. The van der Waals surface area contributed by atoms with E-state index in [-0.39, 0.29) is 5.69 Å². The van der Waals surface area contributed by atoms with Crippen LogP contribution in [0.3, 0.4) is 0 Å². The lowest BCUT2D eigenvalue weighted by Crippen LogP contribution is -2.08. The number of hydrogen-bond acceptors (Lipinski definition) is 12. The third-order valence-corrected chi connectivity index (χ3v) is 7.80. The molecule has 6 rings (SSSR count). The van der Waals surface area contributed by atoms with E-state index in [2.05, 4.69) is 20.2 Å². The molecule has 13 nitrogen and oxygen atoms in total. The van der Waals surface area contributed by atoms with E-state index in [0.717, 1.165) is 62.6 Å². The van der Waals surface area contributed by atoms with Crippen LogP contribution in [0.1, 0.15) is 29.2 Å². The molecule has 0 saturated heterocycles. The minimum absolute atomic E-state index is 0.00913. The van der Waals surface area contributed by atoms with Crippen molar-refractivity contribution in [3.05, 3.63) is 117 Å². The van der Waals surface area contributed by atoms with Gasteiger partial charge in [-0.15, -0.1) is 5.11 Å². The van der Waals surface area contributed by atoms with Crippen LogP contribution in [0.5, 0.6) is 11.5 Å². The first-order valence-corrected chi connectivity index (χ1v) is 16.0. The van der Waals surface area contributed by atoms with E-state index in [1.165, 1.54) is 31.4 Å². The molecule has 51 heavy (non-hydrogen) atoms. The van der Waals surface area contributed by atoms with Gasteiger partial charge in [-0.2, -0.15) is 5.11 Å². The molecular weight excluding hydrogens is 648 g/mol. The second-order valence-electron chi connectivity index (χ2n) is 11.5. The molecule has 2 aliphatic rings. The fraction of sp³-hybridized carbons (Fsp3) is 0.211. The van der Waals surface area contributed by atoms with Gasteiger partial charge in [-0.3, -0.25) is 15.1 Å². The van der Waals surface area contributed by atoms with Gasteiger partial charge >= 0.3 is 0 Å². The smallest absolute Gasteiger partial charge is 0.269 e. The molecule has 0 bridgehead atoms. The Morgan fingerprint density at radius 2 is 1.43 bits per heavy atom. The van der Waals surface area contributed by atoms with Gasteiger partial charge in [-0.05, 0) is 93.3 Å². The zero-order chi connectivity index (χ0) is 37.2. The van der Waals surface area contributed by atoms with Crippen LogP contribution in [-0.2, 0) is 0 Å². The Balaban J connectivity index is 0.000000182. The number of nitrogens with two attached hydrogens (primary N) is 3. The molecule has 13 heteroatoms. The van der Waals surface area contributed by atoms with E-state index in [0.29, 0.717) is 34.1 Å². The van der Waals surface area contributed by atoms with Crippen LogP contribution in [0.2, 0.25) is 0 Å². The standard InChI is InChI=1S/C16H17N3O.C14H14N4O3.C8H11NO/c1-4-18-12-8-16-14(6-10(12)3)19-13-5-9(2)11(17)7-15(13)20-16;1-9-7-13(14(21-2)8-12(9)15)17-16-10-3-5-11(6-4-10)18(19)20;1-6-3-4-7(10-2)5-8(6)9/h5-8H,4,17H2,1-3H3;3-8H,15H2,1-2H3;3-5H,9H2,1-2H3. The first kappa shape index (κ1) is 37.3. The molecule has 0 amide bonds. The molecule has 0 spiro atoms. The molecule has 1 aliphatic carbocycles. The number of rotatable bonds is 6. The molecule has 4 aromatic rings. The van der Waals surface area contributed by atoms with Crippen molar-refractivity contribution >= 4 is 45.2 Å². The summed E-state index contributed by atoms with van der Waals surface area (Å²) in [5.74, 6) is 2.06. The Morgan fingerprint density at radius 3 is 2.06 bits per heavy atom. The number of nitro groups is 1. The fourth-order valence-corrected chi connectivity index (χ4v) is 4.71. The van der Waals surface area contributed by atoms with Gasteiger partial charge in [-0.1, -0.05) is 6.07 Å². The number of nitrogen functional groups attached to an aromatic ring is 3. The Labute approximate surface area is 296 Å². The molecule has 0 atom stereocenters. The van der Waals surface area contributed by atoms with E-state index in [9.17, 15) is 10.1 Å². The summed E-state index contributed by atoms with van der Waals surface area (Å²) in [4.78, 5) is 19.2. The molecule has 6 N–H and O–H groups in total. The molecule has 1 heterocycles. The Kier molecular flexibility index (Phi) is 12.3. The molecule has 0 fully saturated rings. The molecule has 1 aliphatic heterocycles. The maximum absolute atomic E-state index is 10.6. The van der Waals surface area contributed by atoms with Crippen LogP contribution in [0.15, 0.2) is 98.5 Å². The lowest BCUT2D eigenvalue weighted by molar-refractivity contribution is -0.384. The van der Waals surface area contributed by atoms with Crippen molar-refractivity contribution in [1.29, 1.82) is 0 Å². The van der Waals surface area contributed by atoms with Crippen molar-refractivity contribution in [1.82, 2.24) is 4.98 Å². The fourth-order valence-electron chi connectivity index (χ4n) is 4.71. The van der Waals surface area contributed by atoms with Crippen LogP contribution < -0.4 is 32.0 Å². The lowest BCUT2D eigenvalue weighted by Gasteiger charge is -2.09. The topological polar surface area (TPSA) is 203 Å². The average molecular weight is 691 g/mol. The number of aromatic nitrogens is 1. The van der Waals surface area contributed by atoms with E-state index in [1.807, 2.05) is 77.1 Å². The summed E-state index contributed by atoms with van der Waals surface area (Å²) in [5.41, 5.74) is 26.9. The lowest BCUT2D eigenvalue weighted by atomic mass is 10.1. The maximum Gasteiger partial charge on any atom is 0.269 e. The number of azo groups is 1. The van der Waals surface area contributed by atoms with E-state index >= 15 is 0 Å². The summed E-state index contributed by atoms with van der Waals surface area (Å²) < 4.78 is 16.1. The predicted molar refractivity (Wildman–Crippen MR) is 202 cm³/mol. The van der Waals surface area contributed by atoms with Crippen LogP contribution in [0.25, 0.3) is 22.6 Å². The number of hydrogen-bond donors (Lipinski definition) is 3. The summed E-state index contributed by atoms with van der Waals surface area (Å²) in [6.45, 7) is 10.6. The van der Waals surface area contributed by atoms with Crippen molar-refractivity contribution in [2.45, 2.75) is 34.6 Å². The molecule has 0 aromatic heterocycles. The van der Waals surface area contributed by atoms with E-state index in [1.54, 1.807) is 19.2 Å². The van der Waals surface area contributed by atoms with Crippen molar-refractivity contribution in [3.63, 3.8) is 0 Å². The van der Waals surface area contributed by atoms with Crippen LogP contribution in [0, 0.1) is 37.8 Å². The zero-order valence-corrected chi connectivity index (χ0v) is 29.7. The molecule has 4 aromatic carbocycles. The van der Waals surface area contributed by atoms with Crippen LogP contribution >= 0.6 is 0 Å². The first-order chi connectivity index (χ1) is 24.3. The molecule has 0 radical (unpaired) electrons. The Bertz CT molecular complexity index is 2230. The van der Waals surface area contributed by atoms with Crippen molar-refractivity contribution in [2.75, 3.05) is 38.0 Å². The third-order valence-electron chi connectivity index (χ3n) is 7.80. The number of aryl methyl sites for hydroxylation is 4. The largest absolute Gasteiger partial charge is 0.497 e. The van der Waals surface area contributed by atoms with Gasteiger partial charge in [0.15, 0.2) is 11.3 Å². The summed E-state index contributed by atoms with van der Waals surface area (Å²) >= 11 is 0. The number of fused-ring (bicyclic) bond motifs is 2. The summed E-state index contributed by atoms with van der Waals surface area (Å²) in [6, 6.07) is 22.6. The van der Waals surface area contributed by atoms with Gasteiger partial charge in [0, 0.05) is 60.0 Å². The van der Waals surface area contributed by atoms with Crippen molar-refractivity contribution in [3.8, 4) is 23.0 Å². The highest BCUT2D eigenvalue weighted by atomic mass is 16.6. The van der Waals surface area contributed by atoms with E-state index < -0.39 is 4.92 Å². The van der Waals surface area contributed by atoms with Crippen molar-refractivity contribution in [2.24, 2.45) is 15.2 Å². The van der Waals surface area contributed by atoms with Gasteiger partial charge in [0.2, 0.25) is 0 Å². The first-order valence-electron chi connectivity index (χ1n) is 16.0. The molecular formula is C38H42N8O5. The molecule has 0 saturated carbocycles. The highest BCUT2D eigenvalue weighted by Crippen LogP contribution is 2.33. The Morgan fingerprint density at radius 1 is 0.765 bits per heavy atom. The quantitative estimate of drug-likeness (QED) is 0.0503. The molecule has 0 unspecified atom stereocenters. The summed E-state index contributed by atoms with van der Waals surface area (Å²) in [7, 11) is 3.15. The number of methoxy groups -OCH3 is 2. The number of ether oxygens (including phenoxy) is 2.